The van der Waals surface area contributed by atoms with Crippen LogP contribution in [0, 0.1) is 13.8 Å². The molecular formula is C20H29N3O3. The van der Waals surface area contributed by atoms with Crippen LogP contribution in [0.2, 0.25) is 0 Å². The Hall–Kier alpha value is -2.28. The van der Waals surface area contributed by atoms with Crippen LogP contribution in [0.3, 0.4) is 0 Å². The van der Waals surface area contributed by atoms with Gasteiger partial charge in [-0.15, -0.1) is 0 Å². The van der Waals surface area contributed by atoms with Crippen LogP contribution in [0.4, 0.5) is 5.69 Å². The van der Waals surface area contributed by atoms with E-state index in [1.807, 2.05) is 45.0 Å². The lowest BCUT2D eigenvalue weighted by Gasteiger charge is -2.19. The zero-order valence-corrected chi connectivity index (χ0v) is 15.7. The molecule has 2 aromatic rings. The first kappa shape index (κ1) is 20.0. The van der Waals surface area contributed by atoms with E-state index >= 15 is 0 Å². The number of nitrogens with two attached hydrogens (primary N) is 2. The summed E-state index contributed by atoms with van der Waals surface area (Å²) >= 11 is 0. The van der Waals surface area contributed by atoms with Gasteiger partial charge in [-0.3, -0.25) is 0 Å². The molecule has 2 rings (SSSR count). The summed E-state index contributed by atoms with van der Waals surface area (Å²) in [5, 5.41) is 13.3. The lowest BCUT2D eigenvalue weighted by atomic mass is 10.1. The third kappa shape index (κ3) is 5.36. The van der Waals surface area contributed by atoms with Crippen LogP contribution in [-0.4, -0.2) is 31.1 Å². The SMILES string of the molecule is CCOc1cc(C(N)CN)ccc1OCC(O)Nc1ccc(C)cc1C. The molecule has 0 aliphatic rings. The number of benzene rings is 2. The van der Waals surface area contributed by atoms with E-state index < -0.39 is 6.23 Å². The molecule has 2 aromatic carbocycles. The van der Waals surface area contributed by atoms with Crippen LogP contribution in [0.25, 0.3) is 0 Å². The standard InChI is InChI=1S/C20H29N3O3/c1-4-25-19-10-15(16(22)11-21)6-8-18(19)26-12-20(24)23-17-7-5-13(2)9-14(17)3/h5-10,16,20,23-24H,4,11-12,21-22H2,1-3H3. The molecule has 0 amide bonds. The highest BCUT2D eigenvalue weighted by Crippen LogP contribution is 2.30. The second-order valence-electron chi connectivity index (χ2n) is 6.27. The summed E-state index contributed by atoms with van der Waals surface area (Å²) in [7, 11) is 0. The molecule has 0 aromatic heterocycles. The number of rotatable bonds is 9. The normalized spacial score (nSPS) is 13.2. The van der Waals surface area contributed by atoms with Crippen molar-refractivity contribution in [1.29, 1.82) is 0 Å². The van der Waals surface area contributed by atoms with E-state index in [0.29, 0.717) is 24.7 Å². The van der Waals surface area contributed by atoms with E-state index in [2.05, 4.69) is 11.4 Å². The number of hydrogen-bond acceptors (Lipinski definition) is 6. The van der Waals surface area contributed by atoms with E-state index in [4.69, 9.17) is 20.9 Å². The number of aliphatic hydroxyl groups is 1. The maximum Gasteiger partial charge on any atom is 0.161 e. The fourth-order valence-electron chi connectivity index (χ4n) is 2.64. The molecule has 0 saturated heterocycles. The molecule has 0 aliphatic heterocycles. The first-order valence-corrected chi connectivity index (χ1v) is 8.81. The minimum absolute atomic E-state index is 0.0790. The lowest BCUT2D eigenvalue weighted by molar-refractivity contribution is 0.126. The molecule has 0 fully saturated rings. The Morgan fingerprint density at radius 1 is 1.08 bits per heavy atom. The van der Waals surface area contributed by atoms with Crippen molar-refractivity contribution in [2.45, 2.75) is 33.0 Å². The Morgan fingerprint density at radius 3 is 2.50 bits per heavy atom. The summed E-state index contributed by atoms with van der Waals surface area (Å²) in [5.41, 5.74) is 15.6. The number of anilines is 1. The van der Waals surface area contributed by atoms with Crippen molar-refractivity contribution in [1.82, 2.24) is 0 Å². The van der Waals surface area contributed by atoms with Crippen LogP contribution < -0.4 is 26.3 Å². The number of aliphatic hydroxyl groups excluding tert-OH is 1. The van der Waals surface area contributed by atoms with E-state index in [9.17, 15) is 5.11 Å². The average Bonchev–Trinajstić information content (AvgIpc) is 2.62. The fourth-order valence-corrected chi connectivity index (χ4v) is 2.64. The fraction of sp³-hybridized carbons (Fsp3) is 0.400. The van der Waals surface area contributed by atoms with Crippen molar-refractivity contribution in [3.63, 3.8) is 0 Å². The van der Waals surface area contributed by atoms with Crippen molar-refractivity contribution in [2.24, 2.45) is 11.5 Å². The molecule has 0 spiro atoms. The summed E-state index contributed by atoms with van der Waals surface area (Å²) in [5.74, 6) is 1.15. The largest absolute Gasteiger partial charge is 0.490 e. The molecule has 6 nitrogen and oxygen atoms in total. The molecule has 0 heterocycles. The third-order valence-corrected chi connectivity index (χ3v) is 4.05. The van der Waals surface area contributed by atoms with Crippen LogP contribution in [0.5, 0.6) is 11.5 Å². The molecule has 0 radical (unpaired) electrons. The van der Waals surface area contributed by atoms with E-state index in [0.717, 1.165) is 16.8 Å². The average molecular weight is 359 g/mol. The van der Waals surface area contributed by atoms with Gasteiger partial charge < -0.3 is 31.4 Å². The van der Waals surface area contributed by atoms with Crippen LogP contribution in [0.1, 0.15) is 29.7 Å². The topological polar surface area (TPSA) is 103 Å². The van der Waals surface area contributed by atoms with Crippen molar-refractivity contribution in [3.8, 4) is 11.5 Å². The van der Waals surface area contributed by atoms with Crippen molar-refractivity contribution < 1.29 is 14.6 Å². The molecule has 2 atom stereocenters. The summed E-state index contributed by atoms with van der Waals surface area (Å²) in [6, 6.07) is 11.2. The Kier molecular flexibility index (Phi) is 7.26. The van der Waals surface area contributed by atoms with E-state index in [-0.39, 0.29) is 12.6 Å². The summed E-state index contributed by atoms with van der Waals surface area (Å²) in [6.45, 7) is 6.86. The molecular weight excluding hydrogens is 330 g/mol. The Bertz CT molecular complexity index is 721. The quantitative estimate of drug-likeness (QED) is 0.513. The van der Waals surface area contributed by atoms with Crippen molar-refractivity contribution >= 4 is 5.69 Å². The minimum atomic E-state index is -0.850. The monoisotopic (exact) mass is 359 g/mol. The van der Waals surface area contributed by atoms with Crippen LogP contribution in [-0.2, 0) is 0 Å². The first-order valence-electron chi connectivity index (χ1n) is 8.81. The smallest absolute Gasteiger partial charge is 0.161 e. The van der Waals surface area contributed by atoms with Crippen LogP contribution in [0.15, 0.2) is 36.4 Å². The molecule has 0 aliphatic carbocycles. The molecule has 0 saturated carbocycles. The predicted molar refractivity (Wildman–Crippen MR) is 105 cm³/mol. The third-order valence-electron chi connectivity index (χ3n) is 4.05. The molecule has 26 heavy (non-hydrogen) atoms. The van der Waals surface area contributed by atoms with Gasteiger partial charge in [0.15, 0.2) is 17.7 Å². The summed E-state index contributed by atoms with van der Waals surface area (Å²) < 4.78 is 11.4. The maximum atomic E-state index is 10.2. The molecule has 6 heteroatoms. The lowest BCUT2D eigenvalue weighted by Crippen LogP contribution is -2.27. The van der Waals surface area contributed by atoms with Gasteiger partial charge in [0.25, 0.3) is 0 Å². The van der Waals surface area contributed by atoms with Crippen molar-refractivity contribution in [3.05, 3.63) is 53.1 Å². The van der Waals surface area contributed by atoms with E-state index in [1.165, 1.54) is 5.56 Å². The van der Waals surface area contributed by atoms with Gasteiger partial charge in [0, 0.05) is 18.3 Å². The Morgan fingerprint density at radius 2 is 1.85 bits per heavy atom. The zero-order valence-electron chi connectivity index (χ0n) is 15.7. The van der Waals surface area contributed by atoms with Gasteiger partial charge in [-0.2, -0.15) is 0 Å². The first-order chi connectivity index (χ1) is 12.4. The Balaban J connectivity index is 2.03. The van der Waals surface area contributed by atoms with Gasteiger partial charge in [-0.1, -0.05) is 23.8 Å². The van der Waals surface area contributed by atoms with Gasteiger partial charge >= 0.3 is 0 Å². The van der Waals surface area contributed by atoms with Gasteiger partial charge in [-0.25, -0.2) is 0 Å². The van der Waals surface area contributed by atoms with Gasteiger partial charge in [0.2, 0.25) is 0 Å². The maximum absolute atomic E-state index is 10.2. The second-order valence-corrected chi connectivity index (χ2v) is 6.27. The number of ether oxygens (including phenoxy) is 2. The van der Waals surface area contributed by atoms with Gasteiger partial charge in [0.1, 0.15) is 6.61 Å². The van der Waals surface area contributed by atoms with Gasteiger partial charge in [-0.05, 0) is 50.1 Å². The highest BCUT2D eigenvalue weighted by molar-refractivity contribution is 5.52. The number of nitrogens with one attached hydrogen (secondary N) is 1. The summed E-state index contributed by atoms with van der Waals surface area (Å²) in [4.78, 5) is 0. The number of aryl methyl sites for hydroxylation is 2. The number of hydrogen-bond donors (Lipinski definition) is 4. The highest BCUT2D eigenvalue weighted by atomic mass is 16.5. The predicted octanol–water partition coefficient (Wildman–Crippen LogP) is 2.47. The molecule has 142 valence electrons. The molecule has 2 unspecified atom stereocenters. The second kappa shape index (κ2) is 9.43. The van der Waals surface area contributed by atoms with E-state index in [1.54, 1.807) is 6.07 Å². The zero-order chi connectivity index (χ0) is 19.1. The van der Waals surface area contributed by atoms with Crippen molar-refractivity contribution in [2.75, 3.05) is 25.1 Å². The van der Waals surface area contributed by atoms with Gasteiger partial charge in [0.05, 0.1) is 6.61 Å². The Labute approximate surface area is 155 Å². The molecule has 6 N–H and O–H groups in total. The summed E-state index contributed by atoms with van der Waals surface area (Å²) in [6.07, 6.45) is -0.850. The highest BCUT2D eigenvalue weighted by Gasteiger charge is 2.13. The van der Waals surface area contributed by atoms with Crippen LogP contribution >= 0.6 is 0 Å². The minimum Gasteiger partial charge on any atom is -0.490 e. The molecule has 0 bridgehead atoms.